The van der Waals surface area contributed by atoms with E-state index in [1.54, 1.807) is 6.07 Å². The van der Waals surface area contributed by atoms with Gasteiger partial charge in [0.1, 0.15) is 5.82 Å². The molecule has 0 aliphatic carbocycles. The van der Waals surface area contributed by atoms with Gasteiger partial charge in [-0.1, -0.05) is 30.3 Å². The maximum absolute atomic E-state index is 12.7. The van der Waals surface area contributed by atoms with Crippen LogP contribution in [0.1, 0.15) is 26.3 Å². The molecule has 0 saturated carbocycles. The molecule has 0 saturated heterocycles. The molecule has 2 aromatic carbocycles. The Bertz CT molecular complexity index is 931. The van der Waals surface area contributed by atoms with Crippen molar-refractivity contribution in [2.75, 3.05) is 10.6 Å². The van der Waals surface area contributed by atoms with Crippen LogP contribution in [-0.4, -0.2) is 15.5 Å². The highest BCUT2D eigenvalue weighted by molar-refractivity contribution is 5.67. The highest BCUT2D eigenvalue weighted by Crippen LogP contribution is 2.31. The van der Waals surface area contributed by atoms with Gasteiger partial charge < -0.3 is 10.6 Å². The van der Waals surface area contributed by atoms with Crippen molar-refractivity contribution in [2.45, 2.75) is 32.5 Å². The van der Waals surface area contributed by atoms with Gasteiger partial charge in [-0.3, -0.25) is 0 Å². The number of benzene rings is 2. The Labute approximate surface area is 161 Å². The lowest BCUT2D eigenvalue weighted by molar-refractivity contribution is -0.137. The van der Waals surface area contributed by atoms with E-state index < -0.39 is 11.7 Å². The van der Waals surface area contributed by atoms with Gasteiger partial charge >= 0.3 is 6.18 Å². The zero-order valence-electron chi connectivity index (χ0n) is 15.8. The van der Waals surface area contributed by atoms with Crippen LogP contribution in [0.4, 0.5) is 30.6 Å². The molecule has 4 nitrogen and oxygen atoms in total. The van der Waals surface area contributed by atoms with Gasteiger partial charge in [-0.05, 0) is 45.0 Å². The lowest BCUT2D eigenvalue weighted by Gasteiger charge is -2.21. The normalized spacial score (nSPS) is 11.9. The molecule has 0 bridgehead atoms. The molecule has 0 fully saturated rings. The van der Waals surface area contributed by atoms with E-state index in [1.807, 2.05) is 51.1 Å². The second-order valence-electron chi connectivity index (χ2n) is 7.40. The Hall–Kier alpha value is -3.09. The fourth-order valence-electron chi connectivity index (χ4n) is 2.55. The molecular formula is C21H21F3N4. The molecule has 146 valence electrons. The topological polar surface area (TPSA) is 49.8 Å². The molecule has 7 heteroatoms. The predicted octanol–water partition coefficient (Wildman–Crippen LogP) is 6.12. The summed E-state index contributed by atoms with van der Waals surface area (Å²) in [6, 6.07) is 16.2. The molecule has 0 unspecified atom stereocenters. The minimum absolute atomic E-state index is 0.249. The number of anilines is 3. The number of hydrogen-bond donors (Lipinski definition) is 2. The Morgan fingerprint density at radius 3 is 2.04 bits per heavy atom. The third-order valence-corrected chi connectivity index (χ3v) is 3.77. The van der Waals surface area contributed by atoms with E-state index in [4.69, 9.17) is 0 Å². The van der Waals surface area contributed by atoms with Gasteiger partial charge in [0.15, 0.2) is 0 Å². The third kappa shape index (κ3) is 5.22. The van der Waals surface area contributed by atoms with E-state index >= 15 is 0 Å². The Balaban J connectivity index is 1.94. The molecule has 0 atom stereocenters. The number of nitrogens with one attached hydrogen (secondary N) is 2. The predicted molar refractivity (Wildman–Crippen MR) is 106 cm³/mol. The van der Waals surface area contributed by atoms with Crippen LogP contribution in [0.3, 0.4) is 0 Å². The summed E-state index contributed by atoms with van der Waals surface area (Å²) in [7, 11) is 0. The first-order valence-electron chi connectivity index (χ1n) is 8.77. The Morgan fingerprint density at radius 1 is 0.821 bits per heavy atom. The van der Waals surface area contributed by atoms with Crippen molar-refractivity contribution in [2.24, 2.45) is 0 Å². The maximum Gasteiger partial charge on any atom is 0.416 e. The number of alkyl halides is 3. The highest BCUT2D eigenvalue weighted by Gasteiger charge is 2.29. The average Bonchev–Trinajstić information content (AvgIpc) is 2.60. The van der Waals surface area contributed by atoms with E-state index in [2.05, 4.69) is 20.6 Å². The number of halogens is 3. The average molecular weight is 386 g/mol. The van der Waals surface area contributed by atoms with E-state index in [-0.39, 0.29) is 5.54 Å². The standard InChI is InChI=1S/C21H21F3N4/c1-20(2,3)28-19-26-17(14-7-5-4-6-8-14)13-18(27-19)25-16-11-9-15(10-12-16)21(22,23)24/h4-13H,1-3H3,(H2,25,26,27,28). The number of rotatable bonds is 4. The number of hydrogen-bond acceptors (Lipinski definition) is 4. The minimum Gasteiger partial charge on any atom is -0.350 e. The van der Waals surface area contributed by atoms with Crippen molar-refractivity contribution >= 4 is 17.5 Å². The van der Waals surface area contributed by atoms with E-state index in [9.17, 15) is 13.2 Å². The summed E-state index contributed by atoms with van der Waals surface area (Å²) in [5.74, 6) is 0.920. The van der Waals surface area contributed by atoms with Crippen molar-refractivity contribution < 1.29 is 13.2 Å². The van der Waals surface area contributed by atoms with Crippen molar-refractivity contribution in [3.8, 4) is 11.3 Å². The van der Waals surface area contributed by atoms with Crippen LogP contribution in [0.5, 0.6) is 0 Å². The van der Waals surface area contributed by atoms with Crippen molar-refractivity contribution in [1.29, 1.82) is 0 Å². The van der Waals surface area contributed by atoms with Crippen LogP contribution in [0.25, 0.3) is 11.3 Å². The van der Waals surface area contributed by atoms with Gasteiger partial charge in [0.05, 0.1) is 11.3 Å². The van der Waals surface area contributed by atoms with Crippen LogP contribution in [0.2, 0.25) is 0 Å². The van der Waals surface area contributed by atoms with Gasteiger partial charge in [0.2, 0.25) is 5.95 Å². The van der Waals surface area contributed by atoms with Crippen LogP contribution in [0, 0.1) is 0 Å². The van der Waals surface area contributed by atoms with Gasteiger partial charge in [-0.25, -0.2) is 4.98 Å². The lowest BCUT2D eigenvalue weighted by atomic mass is 10.1. The monoisotopic (exact) mass is 386 g/mol. The first-order chi connectivity index (χ1) is 13.1. The summed E-state index contributed by atoms with van der Waals surface area (Å²) in [6.07, 6.45) is -4.36. The van der Waals surface area contributed by atoms with Gasteiger partial charge in [-0.2, -0.15) is 18.2 Å². The lowest BCUT2D eigenvalue weighted by Crippen LogP contribution is -2.27. The zero-order chi connectivity index (χ0) is 20.4. The molecule has 2 N–H and O–H groups in total. The molecule has 0 aliphatic rings. The Kier molecular flexibility index (Phi) is 5.27. The summed E-state index contributed by atoms with van der Waals surface area (Å²) in [5.41, 5.74) is 1.18. The smallest absolute Gasteiger partial charge is 0.350 e. The second kappa shape index (κ2) is 7.50. The fraction of sp³-hybridized carbons (Fsp3) is 0.238. The summed E-state index contributed by atoms with van der Waals surface area (Å²) >= 11 is 0. The van der Waals surface area contributed by atoms with E-state index in [0.717, 1.165) is 17.7 Å². The quantitative estimate of drug-likeness (QED) is 0.567. The van der Waals surface area contributed by atoms with Crippen molar-refractivity contribution in [3.05, 3.63) is 66.2 Å². The molecule has 0 aliphatic heterocycles. The maximum atomic E-state index is 12.7. The SMILES string of the molecule is CC(C)(C)Nc1nc(Nc2ccc(C(F)(F)F)cc2)cc(-c2ccccc2)n1. The molecule has 3 rings (SSSR count). The van der Waals surface area contributed by atoms with Gasteiger partial charge in [0.25, 0.3) is 0 Å². The molecular weight excluding hydrogens is 365 g/mol. The largest absolute Gasteiger partial charge is 0.416 e. The van der Waals surface area contributed by atoms with Gasteiger partial charge in [0, 0.05) is 22.9 Å². The van der Waals surface area contributed by atoms with Crippen LogP contribution in [0.15, 0.2) is 60.7 Å². The summed E-state index contributed by atoms with van der Waals surface area (Å²) in [6.45, 7) is 5.98. The van der Waals surface area contributed by atoms with Gasteiger partial charge in [-0.15, -0.1) is 0 Å². The fourth-order valence-corrected chi connectivity index (χ4v) is 2.55. The van der Waals surface area contributed by atoms with E-state index in [1.165, 1.54) is 12.1 Å². The summed E-state index contributed by atoms with van der Waals surface area (Å²) < 4.78 is 38.2. The Morgan fingerprint density at radius 2 is 1.46 bits per heavy atom. The number of nitrogens with zero attached hydrogens (tertiary/aromatic N) is 2. The molecule has 1 heterocycles. The van der Waals surface area contributed by atoms with Crippen molar-refractivity contribution in [1.82, 2.24) is 9.97 Å². The van der Waals surface area contributed by atoms with Crippen molar-refractivity contribution in [3.63, 3.8) is 0 Å². The number of aromatic nitrogens is 2. The molecule has 0 amide bonds. The summed E-state index contributed by atoms with van der Waals surface area (Å²) in [5, 5.41) is 6.30. The molecule has 1 aromatic heterocycles. The zero-order valence-corrected chi connectivity index (χ0v) is 15.8. The molecule has 0 radical (unpaired) electrons. The molecule has 3 aromatic rings. The first kappa shape index (κ1) is 19.7. The first-order valence-corrected chi connectivity index (χ1v) is 8.77. The highest BCUT2D eigenvalue weighted by atomic mass is 19.4. The van der Waals surface area contributed by atoms with Crippen LogP contribution in [-0.2, 0) is 6.18 Å². The van der Waals surface area contributed by atoms with Crippen LogP contribution < -0.4 is 10.6 Å². The van der Waals surface area contributed by atoms with E-state index in [0.29, 0.717) is 23.1 Å². The minimum atomic E-state index is -4.36. The third-order valence-electron chi connectivity index (χ3n) is 3.77. The molecule has 28 heavy (non-hydrogen) atoms. The summed E-state index contributed by atoms with van der Waals surface area (Å²) in [4.78, 5) is 9.02. The van der Waals surface area contributed by atoms with Crippen LogP contribution >= 0.6 is 0 Å². The molecule has 0 spiro atoms. The second-order valence-corrected chi connectivity index (χ2v) is 7.40.